The number of nitrogens with zero attached hydrogens (tertiary/aromatic N) is 1. The SMILES string of the molecule is COC(=O)[C@H](CNC(=O)CNC(=O)CCCC1CCN(C(=O)OC(C)(C)C)CC1)NC(=O)OCc1ccccc1. The van der Waals surface area contributed by atoms with E-state index < -0.39 is 29.6 Å². The molecule has 222 valence electrons. The van der Waals surface area contributed by atoms with E-state index in [0.29, 0.717) is 25.4 Å². The largest absolute Gasteiger partial charge is 0.467 e. The lowest BCUT2D eigenvalue weighted by molar-refractivity contribution is -0.143. The Kier molecular flexibility index (Phi) is 13.2. The van der Waals surface area contributed by atoms with Gasteiger partial charge in [-0.1, -0.05) is 30.3 Å². The fraction of sp³-hybridized carbons (Fsp3) is 0.607. The monoisotopic (exact) mass is 562 g/mol. The average molecular weight is 563 g/mol. The summed E-state index contributed by atoms with van der Waals surface area (Å²) in [6, 6.07) is 7.87. The second-order valence-corrected chi connectivity index (χ2v) is 10.7. The summed E-state index contributed by atoms with van der Waals surface area (Å²) in [5.74, 6) is -1.10. The van der Waals surface area contributed by atoms with Crippen LogP contribution in [0.5, 0.6) is 0 Å². The summed E-state index contributed by atoms with van der Waals surface area (Å²) in [4.78, 5) is 62.4. The van der Waals surface area contributed by atoms with Gasteiger partial charge in [0.2, 0.25) is 11.8 Å². The van der Waals surface area contributed by atoms with Crippen molar-refractivity contribution in [2.75, 3.05) is 33.3 Å². The molecule has 1 aromatic carbocycles. The number of ether oxygens (including phenoxy) is 3. The molecule has 1 aliphatic heterocycles. The van der Waals surface area contributed by atoms with Crippen molar-refractivity contribution in [2.24, 2.45) is 5.92 Å². The molecule has 0 spiro atoms. The van der Waals surface area contributed by atoms with Crippen molar-refractivity contribution >= 4 is 30.0 Å². The van der Waals surface area contributed by atoms with Crippen LogP contribution < -0.4 is 16.0 Å². The molecule has 1 saturated heterocycles. The summed E-state index contributed by atoms with van der Waals surface area (Å²) in [6.45, 7) is 6.32. The normalized spacial score (nSPS) is 14.4. The first-order valence-corrected chi connectivity index (χ1v) is 13.5. The first-order chi connectivity index (χ1) is 19.0. The highest BCUT2D eigenvalue weighted by atomic mass is 16.6. The van der Waals surface area contributed by atoms with Crippen molar-refractivity contribution in [1.29, 1.82) is 0 Å². The van der Waals surface area contributed by atoms with Gasteiger partial charge >= 0.3 is 18.2 Å². The van der Waals surface area contributed by atoms with Gasteiger partial charge in [-0.05, 0) is 57.9 Å². The molecule has 12 heteroatoms. The van der Waals surface area contributed by atoms with Crippen LogP contribution in [0.2, 0.25) is 0 Å². The standard InChI is InChI=1S/C28H42N4O8/c1-28(2,3)40-27(37)32-15-13-20(14-16-32)11-8-12-23(33)30-18-24(34)29-17-22(25(35)38-4)31-26(36)39-19-21-9-6-5-7-10-21/h5-7,9-10,20,22H,8,11-19H2,1-4H3,(H,29,34)(H,30,33)(H,31,36)/t22-/m0/s1. The van der Waals surface area contributed by atoms with Gasteiger partial charge in [0.05, 0.1) is 13.7 Å². The molecule has 0 aliphatic carbocycles. The van der Waals surface area contributed by atoms with E-state index in [2.05, 4.69) is 20.7 Å². The van der Waals surface area contributed by atoms with Crippen LogP contribution in [0.1, 0.15) is 58.4 Å². The lowest BCUT2D eigenvalue weighted by atomic mass is 9.91. The van der Waals surface area contributed by atoms with E-state index >= 15 is 0 Å². The summed E-state index contributed by atoms with van der Waals surface area (Å²) >= 11 is 0. The molecule has 4 amide bonds. The molecular formula is C28H42N4O8. The molecule has 0 aromatic heterocycles. The first kappa shape index (κ1) is 32.4. The first-order valence-electron chi connectivity index (χ1n) is 13.5. The highest BCUT2D eigenvalue weighted by Crippen LogP contribution is 2.24. The fourth-order valence-corrected chi connectivity index (χ4v) is 4.07. The van der Waals surface area contributed by atoms with Crippen molar-refractivity contribution in [2.45, 2.75) is 71.1 Å². The molecule has 1 heterocycles. The second kappa shape index (κ2) is 16.3. The molecule has 12 nitrogen and oxygen atoms in total. The number of alkyl carbamates (subject to hydrolysis) is 1. The third kappa shape index (κ3) is 12.8. The number of methoxy groups -OCH3 is 1. The predicted molar refractivity (Wildman–Crippen MR) is 146 cm³/mol. The highest BCUT2D eigenvalue weighted by Gasteiger charge is 2.27. The minimum absolute atomic E-state index is 0.0181. The number of carbonyl (C=O) groups excluding carboxylic acids is 5. The van der Waals surface area contributed by atoms with Gasteiger partial charge < -0.3 is 35.1 Å². The van der Waals surface area contributed by atoms with Gasteiger partial charge in [-0.25, -0.2) is 14.4 Å². The summed E-state index contributed by atoms with van der Waals surface area (Å²) in [5.41, 5.74) is 0.259. The van der Waals surface area contributed by atoms with E-state index in [4.69, 9.17) is 9.47 Å². The minimum Gasteiger partial charge on any atom is -0.467 e. The Labute approximate surface area is 235 Å². The third-order valence-electron chi connectivity index (χ3n) is 6.22. The highest BCUT2D eigenvalue weighted by molar-refractivity contribution is 5.86. The smallest absolute Gasteiger partial charge is 0.410 e. The van der Waals surface area contributed by atoms with Gasteiger partial charge in [-0.2, -0.15) is 0 Å². The van der Waals surface area contributed by atoms with Crippen LogP contribution in [-0.4, -0.2) is 79.8 Å². The predicted octanol–water partition coefficient (Wildman–Crippen LogP) is 2.50. The van der Waals surface area contributed by atoms with E-state index in [1.54, 1.807) is 29.2 Å². The van der Waals surface area contributed by atoms with E-state index in [-0.39, 0.29) is 38.1 Å². The van der Waals surface area contributed by atoms with Gasteiger partial charge in [0.1, 0.15) is 18.2 Å². The molecule has 2 rings (SSSR count). The zero-order valence-electron chi connectivity index (χ0n) is 23.8. The molecule has 1 fully saturated rings. The lowest BCUT2D eigenvalue weighted by Crippen LogP contribution is -2.50. The van der Waals surface area contributed by atoms with Gasteiger partial charge in [0.15, 0.2) is 0 Å². The maximum Gasteiger partial charge on any atom is 0.410 e. The van der Waals surface area contributed by atoms with Crippen LogP contribution >= 0.6 is 0 Å². The van der Waals surface area contributed by atoms with Crippen molar-refractivity contribution in [3.63, 3.8) is 0 Å². The quantitative estimate of drug-likeness (QED) is 0.260. The molecular weight excluding hydrogens is 520 g/mol. The Balaban J connectivity index is 1.61. The van der Waals surface area contributed by atoms with Crippen LogP contribution in [0.25, 0.3) is 0 Å². The van der Waals surface area contributed by atoms with E-state index in [1.807, 2.05) is 26.8 Å². The van der Waals surface area contributed by atoms with Gasteiger partial charge in [0, 0.05) is 26.1 Å². The third-order valence-corrected chi connectivity index (χ3v) is 6.22. The number of nitrogens with one attached hydrogen (secondary N) is 3. The van der Waals surface area contributed by atoms with Gasteiger partial charge in [-0.15, -0.1) is 0 Å². The topological polar surface area (TPSA) is 152 Å². The van der Waals surface area contributed by atoms with Crippen LogP contribution in [0, 0.1) is 5.92 Å². The molecule has 1 atom stereocenters. The molecule has 3 N–H and O–H groups in total. The summed E-state index contributed by atoms with van der Waals surface area (Å²) in [5, 5.41) is 7.43. The number of esters is 1. The van der Waals surface area contributed by atoms with Crippen molar-refractivity contribution < 1.29 is 38.2 Å². The van der Waals surface area contributed by atoms with Crippen molar-refractivity contribution in [3.05, 3.63) is 35.9 Å². The van der Waals surface area contributed by atoms with Crippen LogP contribution in [0.15, 0.2) is 30.3 Å². The number of likely N-dealkylation sites (tertiary alicyclic amines) is 1. The van der Waals surface area contributed by atoms with Crippen molar-refractivity contribution in [1.82, 2.24) is 20.9 Å². The molecule has 0 radical (unpaired) electrons. The summed E-state index contributed by atoms with van der Waals surface area (Å²) < 4.78 is 15.2. The van der Waals surface area contributed by atoms with Crippen molar-refractivity contribution in [3.8, 4) is 0 Å². The summed E-state index contributed by atoms with van der Waals surface area (Å²) in [7, 11) is 1.17. The lowest BCUT2D eigenvalue weighted by Gasteiger charge is -2.33. The molecule has 1 aliphatic rings. The van der Waals surface area contributed by atoms with Crippen LogP contribution in [0.3, 0.4) is 0 Å². The number of carbonyl (C=O) groups is 5. The number of amides is 4. The number of benzene rings is 1. The Bertz CT molecular complexity index is 988. The number of rotatable bonds is 12. The van der Waals surface area contributed by atoms with Gasteiger partial charge in [0.25, 0.3) is 0 Å². The zero-order chi connectivity index (χ0) is 29.5. The Morgan fingerprint density at radius 1 is 1.00 bits per heavy atom. The number of hydrogen-bond donors (Lipinski definition) is 3. The van der Waals surface area contributed by atoms with E-state index in [1.165, 1.54) is 7.11 Å². The van der Waals surface area contributed by atoms with Crippen LogP contribution in [-0.2, 0) is 35.2 Å². The average Bonchev–Trinajstić information content (AvgIpc) is 2.92. The van der Waals surface area contributed by atoms with E-state index in [9.17, 15) is 24.0 Å². The summed E-state index contributed by atoms with van der Waals surface area (Å²) in [6.07, 6.45) is 2.40. The Morgan fingerprint density at radius 2 is 1.68 bits per heavy atom. The molecule has 0 unspecified atom stereocenters. The molecule has 0 bridgehead atoms. The second-order valence-electron chi connectivity index (χ2n) is 10.7. The minimum atomic E-state index is -1.16. The maximum absolute atomic E-state index is 12.2. The number of piperidine rings is 1. The number of hydrogen-bond acceptors (Lipinski definition) is 8. The zero-order valence-corrected chi connectivity index (χ0v) is 23.8. The molecule has 0 saturated carbocycles. The van der Waals surface area contributed by atoms with Gasteiger partial charge in [-0.3, -0.25) is 9.59 Å². The molecule has 40 heavy (non-hydrogen) atoms. The van der Waals surface area contributed by atoms with E-state index in [0.717, 1.165) is 24.8 Å². The molecule has 1 aromatic rings. The van der Waals surface area contributed by atoms with Crippen LogP contribution in [0.4, 0.5) is 9.59 Å². The maximum atomic E-state index is 12.2. The Hall–Kier alpha value is -3.83. The fourth-order valence-electron chi connectivity index (χ4n) is 4.07. The Morgan fingerprint density at radius 3 is 2.30 bits per heavy atom.